The number of H-pyrrole nitrogens is 1. The maximum atomic E-state index is 11.7. The zero-order valence-electron chi connectivity index (χ0n) is 8.48. The maximum absolute atomic E-state index is 11.7. The molecule has 0 fully saturated rings. The van der Waals surface area contributed by atoms with E-state index in [0.29, 0.717) is 11.4 Å². The Morgan fingerprint density at radius 1 is 1.60 bits per heavy atom. The maximum Gasteiger partial charge on any atom is 0.260 e. The number of rotatable bonds is 2. The minimum atomic E-state index is -0.190. The Hall–Kier alpha value is -2.11. The van der Waals surface area contributed by atoms with Crippen molar-refractivity contribution in [1.82, 2.24) is 20.0 Å². The molecule has 0 aliphatic heterocycles. The molecule has 2 aromatic rings. The first-order chi connectivity index (χ1) is 7.18. The van der Waals surface area contributed by atoms with Crippen molar-refractivity contribution in [2.75, 3.05) is 5.32 Å². The summed E-state index contributed by atoms with van der Waals surface area (Å²) in [5, 5.41) is 13.1. The lowest BCUT2D eigenvalue weighted by molar-refractivity contribution is 0.102. The Balaban J connectivity index is 2.19. The quantitative estimate of drug-likeness (QED) is 0.757. The van der Waals surface area contributed by atoms with Crippen LogP contribution in [0.1, 0.15) is 16.1 Å². The van der Waals surface area contributed by atoms with Gasteiger partial charge in [-0.1, -0.05) is 0 Å². The van der Waals surface area contributed by atoms with E-state index in [2.05, 4.69) is 20.6 Å². The number of aryl methyl sites for hydroxylation is 1. The summed E-state index contributed by atoms with van der Waals surface area (Å²) in [6.07, 6.45) is 3.12. The summed E-state index contributed by atoms with van der Waals surface area (Å²) in [5.41, 5.74) is 1.39. The molecule has 0 aliphatic carbocycles. The van der Waals surface area contributed by atoms with E-state index in [1.165, 1.54) is 0 Å². The Kier molecular flexibility index (Phi) is 2.24. The van der Waals surface area contributed by atoms with Crippen LogP contribution >= 0.6 is 0 Å². The smallest absolute Gasteiger partial charge is 0.260 e. The van der Waals surface area contributed by atoms with Crippen molar-refractivity contribution in [2.24, 2.45) is 7.05 Å². The van der Waals surface area contributed by atoms with E-state index in [-0.39, 0.29) is 5.91 Å². The van der Waals surface area contributed by atoms with Gasteiger partial charge in [-0.2, -0.15) is 10.2 Å². The zero-order chi connectivity index (χ0) is 10.8. The summed E-state index contributed by atoms with van der Waals surface area (Å²) >= 11 is 0. The highest BCUT2D eigenvalue weighted by molar-refractivity contribution is 6.04. The molecule has 0 atom stereocenters. The van der Waals surface area contributed by atoms with Crippen LogP contribution in [0, 0.1) is 6.92 Å². The lowest BCUT2D eigenvalue weighted by atomic mass is 10.2. The standard InChI is InChI=1S/C9H11N5O/c1-6-7(5-11-14(6)2)9(15)12-8-3-4-10-13-8/h3-5H,1-2H3,(H2,10,12,13,15). The Morgan fingerprint density at radius 3 is 2.93 bits per heavy atom. The van der Waals surface area contributed by atoms with Crippen LogP contribution in [0.15, 0.2) is 18.5 Å². The molecule has 6 nitrogen and oxygen atoms in total. The molecule has 2 heterocycles. The van der Waals surface area contributed by atoms with Gasteiger partial charge in [0.2, 0.25) is 0 Å². The topological polar surface area (TPSA) is 75.6 Å². The number of aromatic nitrogens is 4. The fourth-order valence-electron chi connectivity index (χ4n) is 1.24. The normalized spacial score (nSPS) is 10.3. The second-order valence-electron chi connectivity index (χ2n) is 3.19. The van der Waals surface area contributed by atoms with Crippen molar-refractivity contribution >= 4 is 11.7 Å². The number of nitrogens with one attached hydrogen (secondary N) is 2. The molecule has 2 aromatic heterocycles. The average Bonchev–Trinajstić information content (AvgIpc) is 2.79. The predicted octanol–water partition coefficient (Wildman–Crippen LogP) is 0.704. The second-order valence-corrected chi connectivity index (χ2v) is 3.19. The minimum Gasteiger partial charge on any atom is -0.307 e. The lowest BCUT2D eigenvalue weighted by Gasteiger charge is -2.01. The van der Waals surface area contributed by atoms with Gasteiger partial charge in [-0.3, -0.25) is 14.6 Å². The molecule has 2 rings (SSSR count). The summed E-state index contributed by atoms with van der Waals surface area (Å²) < 4.78 is 1.65. The molecular weight excluding hydrogens is 194 g/mol. The number of aromatic amines is 1. The molecular formula is C9H11N5O. The van der Waals surface area contributed by atoms with Crippen LogP contribution < -0.4 is 5.32 Å². The Labute approximate surface area is 86.3 Å². The molecule has 0 spiro atoms. The number of hydrogen-bond donors (Lipinski definition) is 2. The van der Waals surface area contributed by atoms with Crippen molar-refractivity contribution in [3.8, 4) is 0 Å². The van der Waals surface area contributed by atoms with Crippen LogP contribution in [0.3, 0.4) is 0 Å². The second kappa shape index (κ2) is 3.56. The van der Waals surface area contributed by atoms with Crippen LogP contribution in [-0.2, 0) is 7.05 Å². The number of nitrogens with zero attached hydrogens (tertiary/aromatic N) is 3. The molecule has 0 radical (unpaired) electrons. The summed E-state index contributed by atoms with van der Waals surface area (Å²) in [5.74, 6) is 0.383. The van der Waals surface area contributed by atoms with Gasteiger partial charge >= 0.3 is 0 Å². The fraction of sp³-hybridized carbons (Fsp3) is 0.222. The largest absolute Gasteiger partial charge is 0.307 e. The number of carbonyl (C=O) groups excluding carboxylic acids is 1. The number of anilines is 1. The SMILES string of the molecule is Cc1c(C(=O)Nc2ccn[nH]2)cnn1C. The van der Waals surface area contributed by atoms with E-state index < -0.39 is 0 Å². The van der Waals surface area contributed by atoms with E-state index >= 15 is 0 Å². The Bertz CT molecular complexity index is 471. The Morgan fingerprint density at radius 2 is 2.40 bits per heavy atom. The summed E-state index contributed by atoms with van der Waals surface area (Å²) in [6.45, 7) is 1.84. The van der Waals surface area contributed by atoms with E-state index in [1.54, 1.807) is 30.2 Å². The van der Waals surface area contributed by atoms with Crippen LogP contribution in [0.25, 0.3) is 0 Å². The van der Waals surface area contributed by atoms with Gasteiger partial charge in [-0.25, -0.2) is 0 Å². The van der Waals surface area contributed by atoms with Crippen LogP contribution in [0.2, 0.25) is 0 Å². The molecule has 0 saturated carbocycles. The van der Waals surface area contributed by atoms with Gasteiger partial charge in [0, 0.05) is 18.8 Å². The first kappa shape index (κ1) is 9.45. The molecule has 0 aromatic carbocycles. The monoisotopic (exact) mass is 205 g/mol. The first-order valence-electron chi connectivity index (χ1n) is 4.48. The minimum absolute atomic E-state index is 0.190. The molecule has 0 saturated heterocycles. The van der Waals surface area contributed by atoms with Crippen molar-refractivity contribution in [3.63, 3.8) is 0 Å². The van der Waals surface area contributed by atoms with Crippen molar-refractivity contribution in [1.29, 1.82) is 0 Å². The van der Waals surface area contributed by atoms with Crippen LogP contribution in [0.4, 0.5) is 5.82 Å². The molecule has 0 aliphatic rings. The highest BCUT2D eigenvalue weighted by atomic mass is 16.1. The van der Waals surface area contributed by atoms with Gasteiger partial charge in [0.15, 0.2) is 0 Å². The molecule has 6 heteroatoms. The summed E-state index contributed by atoms with van der Waals surface area (Å²) in [7, 11) is 1.79. The number of amides is 1. The van der Waals surface area contributed by atoms with Crippen LogP contribution in [0.5, 0.6) is 0 Å². The summed E-state index contributed by atoms with van der Waals surface area (Å²) in [4.78, 5) is 11.7. The van der Waals surface area contributed by atoms with Gasteiger partial charge in [0.1, 0.15) is 5.82 Å². The van der Waals surface area contributed by atoms with E-state index in [4.69, 9.17) is 0 Å². The average molecular weight is 205 g/mol. The van der Waals surface area contributed by atoms with Crippen molar-refractivity contribution in [3.05, 3.63) is 29.7 Å². The predicted molar refractivity (Wildman–Crippen MR) is 54.5 cm³/mol. The highest BCUT2D eigenvalue weighted by Gasteiger charge is 2.12. The van der Waals surface area contributed by atoms with Crippen molar-refractivity contribution in [2.45, 2.75) is 6.92 Å². The van der Waals surface area contributed by atoms with Gasteiger partial charge in [0.25, 0.3) is 5.91 Å². The van der Waals surface area contributed by atoms with Gasteiger partial charge in [-0.05, 0) is 6.92 Å². The van der Waals surface area contributed by atoms with Gasteiger partial charge < -0.3 is 5.32 Å². The van der Waals surface area contributed by atoms with Crippen LogP contribution in [-0.4, -0.2) is 25.9 Å². The van der Waals surface area contributed by atoms with Gasteiger partial charge in [0.05, 0.1) is 18.0 Å². The molecule has 1 amide bonds. The molecule has 15 heavy (non-hydrogen) atoms. The zero-order valence-corrected chi connectivity index (χ0v) is 8.48. The lowest BCUT2D eigenvalue weighted by Crippen LogP contribution is -2.13. The summed E-state index contributed by atoms with van der Waals surface area (Å²) in [6, 6.07) is 1.68. The van der Waals surface area contributed by atoms with Crippen molar-refractivity contribution < 1.29 is 4.79 Å². The number of carbonyl (C=O) groups is 1. The molecule has 2 N–H and O–H groups in total. The third-order valence-corrected chi connectivity index (χ3v) is 2.23. The van der Waals surface area contributed by atoms with Gasteiger partial charge in [-0.15, -0.1) is 0 Å². The third-order valence-electron chi connectivity index (χ3n) is 2.23. The molecule has 78 valence electrons. The third kappa shape index (κ3) is 1.74. The molecule has 0 unspecified atom stereocenters. The number of hydrogen-bond acceptors (Lipinski definition) is 3. The fourth-order valence-corrected chi connectivity index (χ4v) is 1.24. The molecule has 0 bridgehead atoms. The van der Waals surface area contributed by atoms with E-state index in [9.17, 15) is 4.79 Å². The first-order valence-corrected chi connectivity index (χ1v) is 4.48. The highest BCUT2D eigenvalue weighted by Crippen LogP contribution is 2.08. The van der Waals surface area contributed by atoms with E-state index in [1.807, 2.05) is 6.92 Å². The van der Waals surface area contributed by atoms with E-state index in [0.717, 1.165) is 5.69 Å².